The number of hydrogen-bond donors (Lipinski definition) is 1. The summed E-state index contributed by atoms with van der Waals surface area (Å²) in [5.41, 5.74) is 3.87. The molecule has 0 bridgehead atoms. The third-order valence-electron chi connectivity index (χ3n) is 5.34. The molecule has 0 unspecified atom stereocenters. The van der Waals surface area contributed by atoms with E-state index in [9.17, 15) is 9.59 Å². The van der Waals surface area contributed by atoms with E-state index in [4.69, 9.17) is 4.74 Å². The van der Waals surface area contributed by atoms with Crippen LogP contribution in [0, 0.1) is 5.92 Å². The third kappa shape index (κ3) is 4.96. The molecule has 1 aromatic carbocycles. The summed E-state index contributed by atoms with van der Waals surface area (Å²) < 4.78 is 4.98. The summed E-state index contributed by atoms with van der Waals surface area (Å²) in [4.78, 5) is 26.0. The molecular formula is C24H29NO3S. The second kappa shape index (κ2) is 8.54. The van der Waals surface area contributed by atoms with Gasteiger partial charge in [-0.1, -0.05) is 52.0 Å². The minimum atomic E-state index is -0.380. The van der Waals surface area contributed by atoms with Crippen LogP contribution in [0.5, 0.6) is 0 Å². The van der Waals surface area contributed by atoms with Crippen molar-refractivity contribution < 1.29 is 14.3 Å². The van der Waals surface area contributed by atoms with Crippen molar-refractivity contribution in [1.82, 2.24) is 0 Å². The minimum Gasteiger partial charge on any atom is -0.465 e. The zero-order valence-electron chi connectivity index (χ0n) is 17.8. The number of fused-ring (bicyclic) bond motifs is 1. The van der Waals surface area contributed by atoms with Gasteiger partial charge in [-0.25, -0.2) is 4.79 Å². The predicted molar refractivity (Wildman–Crippen MR) is 120 cm³/mol. The molecule has 0 spiro atoms. The summed E-state index contributed by atoms with van der Waals surface area (Å²) in [5, 5.41) is 3.49. The summed E-state index contributed by atoms with van der Waals surface area (Å²) in [6.45, 7) is 8.73. The number of ether oxygens (including phenoxy) is 1. The molecule has 1 atom stereocenters. The Labute approximate surface area is 177 Å². The van der Waals surface area contributed by atoms with E-state index in [0.717, 1.165) is 30.4 Å². The van der Waals surface area contributed by atoms with Crippen LogP contribution in [0.2, 0.25) is 0 Å². The molecule has 29 heavy (non-hydrogen) atoms. The Hall–Kier alpha value is -2.40. The summed E-state index contributed by atoms with van der Waals surface area (Å²) in [5.74, 6) is -0.0398. The van der Waals surface area contributed by atoms with Gasteiger partial charge in [0, 0.05) is 11.0 Å². The van der Waals surface area contributed by atoms with Gasteiger partial charge >= 0.3 is 5.97 Å². The number of nitrogens with one attached hydrogen (secondary N) is 1. The first-order valence-electron chi connectivity index (χ1n) is 10.0. The van der Waals surface area contributed by atoms with Crippen LogP contribution in [0.25, 0.3) is 6.08 Å². The van der Waals surface area contributed by atoms with Crippen LogP contribution in [0.15, 0.2) is 30.3 Å². The van der Waals surface area contributed by atoms with Crippen molar-refractivity contribution in [1.29, 1.82) is 0 Å². The maximum atomic E-state index is 12.5. The average molecular weight is 412 g/mol. The van der Waals surface area contributed by atoms with Gasteiger partial charge in [0.25, 0.3) is 0 Å². The molecule has 5 heteroatoms. The van der Waals surface area contributed by atoms with Crippen molar-refractivity contribution in [3.63, 3.8) is 0 Å². The molecule has 3 rings (SSSR count). The number of carbonyl (C=O) groups is 2. The van der Waals surface area contributed by atoms with Gasteiger partial charge in [0.05, 0.1) is 12.7 Å². The largest absolute Gasteiger partial charge is 0.465 e. The maximum absolute atomic E-state index is 12.5. The molecule has 1 aliphatic carbocycles. The van der Waals surface area contributed by atoms with Gasteiger partial charge in [-0.2, -0.15) is 0 Å². The number of anilines is 1. The number of amides is 1. The molecular weight excluding hydrogens is 382 g/mol. The molecule has 1 heterocycles. The molecule has 2 aromatic rings. The van der Waals surface area contributed by atoms with Gasteiger partial charge in [0.15, 0.2) is 0 Å². The molecule has 4 nitrogen and oxygen atoms in total. The van der Waals surface area contributed by atoms with Gasteiger partial charge in [-0.15, -0.1) is 11.3 Å². The monoisotopic (exact) mass is 411 g/mol. The normalized spacial score (nSPS) is 16.5. The number of methoxy groups -OCH3 is 1. The Balaban J connectivity index is 1.77. The Kier molecular flexibility index (Phi) is 6.27. The maximum Gasteiger partial charge on any atom is 0.341 e. The smallest absolute Gasteiger partial charge is 0.341 e. The SMILES string of the molecule is COC(=O)c1c(NC(=O)/C=C/c2ccc(C(C)(C)C)cc2)sc2c1CC[C@@H](C)C2. The fourth-order valence-corrected chi connectivity index (χ4v) is 4.98. The first kappa shape index (κ1) is 21.3. The average Bonchev–Trinajstić information content (AvgIpc) is 3.02. The number of rotatable bonds is 4. The van der Waals surface area contributed by atoms with Crippen molar-refractivity contribution in [3.8, 4) is 0 Å². The first-order chi connectivity index (χ1) is 13.7. The Morgan fingerprint density at radius 2 is 1.90 bits per heavy atom. The van der Waals surface area contributed by atoms with E-state index in [1.807, 2.05) is 12.1 Å². The molecule has 1 amide bonds. The molecule has 0 fully saturated rings. The van der Waals surface area contributed by atoms with Gasteiger partial charge in [0.1, 0.15) is 5.00 Å². The van der Waals surface area contributed by atoms with Crippen molar-refractivity contribution in [2.45, 2.75) is 52.4 Å². The van der Waals surface area contributed by atoms with E-state index in [1.165, 1.54) is 35.0 Å². The third-order valence-corrected chi connectivity index (χ3v) is 6.51. The lowest BCUT2D eigenvalue weighted by Gasteiger charge is -2.18. The summed E-state index contributed by atoms with van der Waals surface area (Å²) >= 11 is 1.50. The summed E-state index contributed by atoms with van der Waals surface area (Å²) in [6, 6.07) is 8.19. The molecule has 1 aromatic heterocycles. The van der Waals surface area contributed by atoms with E-state index in [-0.39, 0.29) is 17.3 Å². The zero-order valence-corrected chi connectivity index (χ0v) is 18.6. The van der Waals surface area contributed by atoms with Crippen LogP contribution >= 0.6 is 11.3 Å². The standard InChI is InChI=1S/C24H29NO3S/c1-15-6-12-18-19(14-15)29-22(21(18)23(27)28-5)25-20(26)13-9-16-7-10-17(11-8-16)24(2,3)4/h7-11,13,15H,6,12,14H2,1-5H3,(H,25,26)/b13-9+/t15-/m1/s1. The van der Waals surface area contributed by atoms with Crippen molar-refractivity contribution >= 4 is 34.3 Å². The molecule has 1 aliphatic rings. The predicted octanol–water partition coefficient (Wildman–Crippen LogP) is 5.61. The molecule has 0 saturated carbocycles. The quantitative estimate of drug-likeness (QED) is 0.526. The Morgan fingerprint density at radius 3 is 2.52 bits per heavy atom. The molecule has 0 radical (unpaired) electrons. The highest BCUT2D eigenvalue weighted by molar-refractivity contribution is 7.17. The Bertz CT molecular complexity index is 932. The number of esters is 1. The minimum absolute atomic E-state index is 0.0969. The Morgan fingerprint density at radius 1 is 1.21 bits per heavy atom. The van der Waals surface area contributed by atoms with E-state index in [0.29, 0.717) is 16.5 Å². The van der Waals surface area contributed by atoms with Crippen LogP contribution in [0.1, 0.15) is 66.0 Å². The van der Waals surface area contributed by atoms with Gasteiger partial charge in [-0.3, -0.25) is 4.79 Å². The topological polar surface area (TPSA) is 55.4 Å². The highest BCUT2D eigenvalue weighted by Gasteiger charge is 2.28. The lowest BCUT2D eigenvalue weighted by Crippen LogP contribution is -2.14. The number of benzene rings is 1. The van der Waals surface area contributed by atoms with Crippen LogP contribution in [-0.4, -0.2) is 19.0 Å². The van der Waals surface area contributed by atoms with Gasteiger partial charge in [-0.05, 0) is 53.4 Å². The van der Waals surface area contributed by atoms with Crippen LogP contribution in [0.4, 0.5) is 5.00 Å². The van der Waals surface area contributed by atoms with Crippen LogP contribution < -0.4 is 5.32 Å². The lowest BCUT2D eigenvalue weighted by atomic mass is 9.87. The highest BCUT2D eigenvalue weighted by Crippen LogP contribution is 2.40. The van der Waals surface area contributed by atoms with Gasteiger partial charge < -0.3 is 10.1 Å². The van der Waals surface area contributed by atoms with Crippen molar-refractivity contribution in [2.75, 3.05) is 12.4 Å². The van der Waals surface area contributed by atoms with Crippen molar-refractivity contribution in [2.24, 2.45) is 5.92 Å². The van der Waals surface area contributed by atoms with E-state index in [2.05, 4.69) is 45.1 Å². The summed E-state index contributed by atoms with van der Waals surface area (Å²) in [7, 11) is 1.38. The zero-order chi connectivity index (χ0) is 21.2. The van der Waals surface area contributed by atoms with Crippen LogP contribution in [0.3, 0.4) is 0 Å². The van der Waals surface area contributed by atoms with E-state index in [1.54, 1.807) is 6.08 Å². The fraction of sp³-hybridized carbons (Fsp3) is 0.417. The second-order valence-corrected chi connectivity index (χ2v) is 9.85. The number of thiophene rings is 1. The lowest BCUT2D eigenvalue weighted by molar-refractivity contribution is -0.111. The highest BCUT2D eigenvalue weighted by atomic mass is 32.1. The van der Waals surface area contributed by atoms with E-state index >= 15 is 0 Å². The van der Waals surface area contributed by atoms with Crippen LogP contribution in [-0.2, 0) is 27.8 Å². The molecule has 154 valence electrons. The summed E-state index contributed by atoms with van der Waals surface area (Å²) in [6.07, 6.45) is 6.13. The molecule has 0 aliphatic heterocycles. The second-order valence-electron chi connectivity index (χ2n) is 8.74. The molecule has 1 N–H and O–H groups in total. The number of carbonyl (C=O) groups excluding carboxylic acids is 2. The van der Waals surface area contributed by atoms with E-state index < -0.39 is 0 Å². The molecule has 0 saturated heterocycles. The fourth-order valence-electron chi connectivity index (χ4n) is 3.58. The number of hydrogen-bond acceptors (Lipinski definition) is 4. The first-order valence-corrected chi connectivity index (χ1v) is 10.8. The van der Waals surface area contributed by atoms with Crippen molar-refractivity contribution in [3.05, 3.63) is 57.5 Å². The van der Waals surface area contributed by atoms with Gasteiger partial charge in [0.2, 0.25) is 5.91 Å².